The minimum absolute atomic E-state index is 0.0267. The molecule has 2 heterocycles. The van der Waals surface area contributed by atoms with Crippen LogP contribution in [0.2, 0.25) is 0 Å². The highest BCUT2D eigenvalue weighted by Crippen LogP contribution is 2.29. The molecule has 1 fully saturated rings. The van der Waals surface area contributed by atoms with E-state index in [0.717, 1.165) is 47.7 Å². The van der Waals surface area contributed by atoms with Gasteiger partial charge in [-0.05, 0) is 31.0 Å². The molecule has 1 aliphatic heterocycles. The highest BCUT2D eigenvalue weighted by molar-refractivity contribution is 7.07. The van der Waals surface area contributed by atoms with Crippen molar-refractivity contribution < 1.29 is 18.0 Å². The summed E-state index contributed by atoms with van der Waals surface area (Å²) in [5.74, 6) is 0.0267. The van der Waals surface area contributed by atoms with E-state index in [1.165, 1.54) is 12.1 Å². The van der Waals surface area contributed by atoms with Gasteiger partial charge in [0, 0.05) is 56.8 Å². The van der Waals surface area contributed by atoms with Crippen LogP contribution in [0.3, 0.4) is 0 Å². The summed E-state index contributed by atoms with van der Waals surface area (Å²) >= 11 is 1.14. The predicted molar refractivity (Wildman–Crippen MR) is 106 cm³/mol. The van der Waals surface area contributed by atoms with Crippen molar-refractivity contribution in [2.24, 2.45) is 0 Å². The quantitative estimate of drug-likeness (QED) is 0.735. The molecule has 29 heavy (non-hydrogen) atoms. The molecule has 158 valence electrons. The summed E-state index contributed by atoms with van der Waals surface area (Å²) in [6, 6.07) is 5.24. The Morgan fingerprint density at radius 3 is 2.45 bits per heavy atom. The SMILES string of the molecule is Cc1csc(=O)n1CCC(=O)N1CCCN(Cc2ccc(C(F)(F)F)cc2)CC1. The van der Waals surface area contributed by atoms with Gasteiger partial charge in [0.1, 0.15) is 0 Å². The second kappa shape index (κ2) is 9.13. The number of thiazole rings is 1. The molecular weight excluding hydrogens is 403 g/mol. The molecule has 2 aromatic rings. The van der Waals surface area contributed by atoms with Crippen LogP contribution in [0.5, 0.6) is 0 Å². The standard InChI is InChI=1S/C20H24F3N3O2S/c1-15-14-29-19(28)26(15)10-7-18(27)25-9-2-8-24(11-12-25)13-16-3-5-17(6-4-16)20(21,22)23/h3-6,14H,2,7-13H2,1H3. The van der Waals surface area contributed by atoms with Gasteiger partial charge in [-0.25, -0.2) is 0 Å². The van der Waals surface area contributed by atoms with Gasteiger partial charge in [-0.15, -0.1) is 0 Å². The van der Waals surface area contributed by atoms with E-state index >= 15 is 0 Å². The summed E-state index contributed by atoms with van der Waals surface area (Å²) < 4.78 is 39.7. The van der Waals surface area contributed by atoms with E-state index < -0.39 is 11.7 Å². The first-order valence-electron chi connectivity index (χ1n) is 9.55. The van der Waals surface area contributed by atoms with Crippen LogP contribution in [0.25, 0.3) is 0 Å². The molecule has 9 heteroatoms. The summed E-state index contributed by atoms with van der Waals surface area (Å²) in [6.45, 7) is 5.49. The van der Waals surface area contributed by atoms with E-state index in [0.29, 0.717) is 32.7 Å². The zero-order valence-electron chi connectivity index (χ0n) is 16.2. The van der Waals surface area contributed by atoms with E-state index in [9.17, 15) is 22.8 Å². The van der Waals surface area contributed by atoms with Crippen molar-refractivity contribution in [2.75, 3.05) is 26.2 Å². The van der Waals surface area contributed by atoms with Gasteiger partial charge >= 0.3 is 11.0 Å². The van der Waals surface area contributed by atoms with Crippen LogP contribution in [0.4, 0.5) is 13.2 Å². The summed E-state index contributed by atoms with van der Waals surface area (Å²) in [7, 11) is 0. The second-order valence-electron chi connectivity index (χ2n) is 7.25. The molecule has 1 amide bonds. The molecule has 0 saturated carbocycles. The lowest BCUT2D eigenvalue weighted by atomic mass is 10.1. The maximum absolute atomic E-state index is 12.7. The number of carbonyl (C=O) groups excluding carboxylic acids is 1. The van der Waals surface area contributed by atoms with E-state index in [4.69, 9.17) is 0 Å². The van der Waals surface area contributed by atoms with Crippen molar-refractivity contribution in [1.82, 2.24) is 14.4 Å². The highest BCUT2D eigenvalue weighted by atomic mass is 32.1. The second-order valence-corrected chi connectivity index (χ2v) is 8.07. The van der Waals surface area contributed by atoms with Crippen molar-refractivity contribution in [3.63, 3.8) is 0 Å². The van der Waals surface area contributed by atoms with Crippen LogP contribution < -0.4 is 4.87 Å². The molecule has 5 nitrogen and oxygen atoms in total. The van der Waals surface area contributed by atoms with Crippen LogP contribution in [0, 0.1) is 6.92 Å². The Balaban J connectivity index is 1.51. The van der Waals surface area contributed by atoms with Gasteiger partial charge in [0.25, 0.3) is 0 Å². The molecule has 0 aliphatic carbocycles. The lowest BCUT2D eigenvalue weighted by molar-refractivity contribution is -0.137. The Hall–Kier alpha value is -2.13. The van der Waals surface area contributed by atoms with E-state index in [1.54, 1.807) is 9.95 Å². The Labute approximate surface area is 171 Å². The topological polar surface area (TPSA) is 45.6 Å². The Morgan fingerprint density at radius 2 is 1.83 bits per heavy atom. The van der Waals surface area contributed by atoms with Crippen LogP contribution in [-0.4, -0.2) is 46.5 Å². The van der Waals surface area contributed by atoms with Crippen molar-refractivity contribution in [3.8, 4) is 0 Å². The van der Waals surface area contributed by atoms with Crippen LogP contribution in [0.15, 0.2) is 34.4 Å². The summed E-state index contributed by atoms with van der Waals surface area (Å²) in [6.07, 6.45) is -3.23. The molecule has 0 atom stereocenters. The first-order valence-corrected chi connectivity index (χ1v) is 10.4. The molecule has 1 aliphatic rings. The average Bonchev–Trinajstić information content (AvgIpc) is 2.85. The van der Waals surface area contributed by atoms with Gasteiger partial charge in [-0.3, -0.25) is 14.5 Å². The molecule has 3 rings (SSSR count). The Bertz CT molecular complexity index is 890. The van der Waals surface area contributed by atoms with Gasteiger partial charge in [0.15, 0.2) is 0 Å². The van der Waals surface area contributed by atoms with Crippen molar-refractivity contribution in [1.29, 1.82) is 0 Å². The first kappa shape index (κ1) is 21.6. The Kier molecular flexibility index (Phi) is 6.79. The normalized spacial score (nSPS) is 16.1. The fourth-order valence-corrected chi connectivity index (χ4v) is 4.24. The Morgan fingerprint density at radius 1 is 1.10 bits per heavy atom. The van der Waals surface area contributed by atoms with Crippen molar-refractivity contribution >= 4 is 17.2 Å². The zero-order valence-corrected chi connectivity index (χ0v) is 17.1. The third kappa shape index (κ3) is 5.70. The molecule has 1 saturated heterocycles. The maximum Gasteiger partial charge on any atom is 0.416 e. The molecule has 0 spiro atoms. The number of nitrogens with zero attached hydrogens (tertiary/aromatic N) is 3. The molecular formula is C20H24F3N3O2S. The molecule has 1 aromatic heterocycles. The van der Waals surface area contributed by atoms with Crippen LogP contribution in [0.1, 0.15) is 29.7 Å². The van der Waals surface area contributed by atoms with Gasteiger partial charge in [0.2, 0.25) is 5.91 Å². The van der Waals surface area contributed by atoms with Crippen molar-refractivity contribution in [3.05, 3.63) is 56.1 Å². The largest absolute Gasteiger partial charge is 0.416 e. The molecule has 0 unspecified atom stereocenters. The first-order chi connectivity index (χ1) is 13.7. The number of aromatic nitrogens is 1. The van der Waals surface area contributed by atoms with Crippen LogP contribution in [-0.2, 0) is 24.1 Å². The summed E-state index contributed by atoms with van der Waals surface area (Å²) in [4.78, 5) is 28.2. The minimum Gasteiger partial charge on any atom is -0.341 e. The van der Waals surface area contributed by atoms with Gasteiger partial charge < -0.3 is 9.47 Å². The highest BCUT2D eigenvalue weighted by Gasteiger charge is 2.30. The minimum atomic E-state index is -4.32. The summed E-state index contributed by atoms with van der Waals surface area (Å²) in [5, 5.41) is 1.79. The number of rotatable bonds is 5. The third-order valence-electron chi connectivity index (χ3n) is 5.15. The molecule has 0 N–H and O–H groups in total. The number of hydrogen-bond acceptors (Lipinski definition) is 4. The number of amides is 1. The maximum atomic E-state index is 12.7. The zero-order chi connectivity index (χ0) is 21.0. The number of halogens is 3. The smallest absolute Gasteiger partial charge is 0.341 e. The summed E-state index contributed by atoms with van der Waals surface area (Å²) in [5.41, 5.74) is 1.05. The number of benzene rings is 1. The van der Waals surface area contributed by atoms with Gasteiger partial charge in [0.05, 0.1) is 5.56 Å². The fourth-order valence-electron chi connectivity index (χ4n) is 3.48. The van der Waals surface area contributed by atoms with E-state index in [-0.39, 0.29) is 17.2 Å². The third-order valence-corrected chi connectivity index (χ3v) is 6.04. The lowest BCUT2D eigenvalue weighted by Crippen LogP contribution is -2.36. The fraction of sp³-hybridized carbons (Fsp3) is 0.500. The number of aryl methyl sites for hydroxylation is 1. The van der Waals surface area contributed by atoms with Crippen LogP contribution >= 0.6 is 11.3 Å². The van der Waals surface area contributed by atoms with E-state index in [1.807, 2.05) is 11.8 Å². The van der Waals surface area contributed by atoms with E-state index in [2.05, 4.69) is 4.90 Å². The number of alkyl halides is 3. The molecule has 1 aromatic carbocycles. The number of carbonyl (C=O) groups is 1. The average molecular weight is 427 g/mol. The number of hydrogen-bond donors (Lipinski definition) is 0. The van der Waals surface area contributed by atoms with Crippen molar-refractivity contribution in [2.45, 2.75) is 39.0 Å². The van der Waals surface area contributed by atoms with Gasteiger partial charge in [-0.1, -0.05) is 23.5 Å². The molecule has 0 bridgehead atoms. The lowest BCUT2D eigenvalue weighted by Gasteiger charge is -2.22. The van der Waals surface area contributed by atoms with Gasteiger partial charge in [-0.2, -0.15) is 13.2 Å². The molecule has 0 radical (unpaired) electrons. The predicted octanol–water partition coefficient (Wildman–Crippen LogP) is 3.36. The monoisotopic (exact) mass is 427 g/mol.